The molecular formula is C8H6N2O3. The Hall–Kier alpha value is -1.91. The van der Waals surface area contributed by atoms with Crippen LogP contribution in [0.3, 0.4) is 0 Å². The summed E-state index contributed by atoms with van der Waals surface area (Å²) in [6, 6.07) is 1.63. The normalized spacial score (nSPS) is 10.5. The lowest BCUT2D eigenvalue weighted by Gasteiger charge is -1.93. The van der Waals surface area contributed by atoms with E-state index in [1.807, 2.05) is 0 Å². The Bertz CT molecular complexity index is 449. The maximum atomic E-state index is 10.4. The van der Waals surface area contributed by atoms with Gasteiger partial charge >= 0.3 is 5.97 Å². The van der Waals surface area contributed by atoms with Gasteiger partial charge in [-0.05, 0) is 11.6 Å². The molecule has 0 saturated carbocycles. The van der Waals surface area contributed by atoms with Gasteiger partial charge in [-0.2, -0.15) is 4.98 Å². The van der Waals surface area contributed by atoms with Crippen LogP contribution in [-0.4, -0.2) is 21.0 Å². The van der Waals surface area contributed by atoms with E-state index in [4.69, 9.17) is 9.52 Å². The molecular weight excluding hydrogens is 172 g/mol. The van der Waals surface area contributed by atoms with Gasteiger partial charge < -0.3 is 9.52 Å². The molecule has 0 atom stereocenters. The first-order valence-electron chi connectivity index (χ1n) is 3.65. The Morgan fingerprint density at radius 2 is 2.38 bits per heavy atom. The summed E-state index contributed by atoms with van der Waals surface area (Å²) in [4.78, 5) is 18.1. The van der Waals surface area contributed by atoms with E-state index < -0.39 is 5.97 Å². The van der Waals surface area contributed by atoms with Crippen molar-refractivity contribution in [3.05, 3.63) is 24.2 Å². The molecule has 1 N–H and O–H groups in total. The van der Waals surface area contributed by atoms with Crippen LogP contribution in [0.5, 0.6) is 0 Å². The zero-order valence-corrected chi connectivity index (χ0v) is 6.60. The summed E-state index contributed by atoms with van der Waals surface area (Å²) in [5, 5.41) is 8.52. The Kier molecular flexibility index (Phi) is 1.70. The van der Waals surface area contributed by atoms with E-state index in [9.17, 15) is 4.79 Å². The molecule has 0 spiro atoms. The smallest absolute Gasteiger partial charge is 0.307 e. The van der Waals surface area contributed by atoms with E-state index in [0.717, 1.165) is 0 Å². The lowest BCUT2D eigenvalue weighted by molar-refractivity contribution is -0.136. The molecule has 0 aliphatic rings. The Morgan fingerprint density at radius 3 is 3.15 bits per heavy atom. The van der Waals surface area contributed by atoms with E-state index >= 15 is 0 Å². The van der Waals surface area contributed by atoms with Crippen LogP contribution in [0.25, 0.3) is 11.2 Å². The van der Waals surface area contributed by atoms with Gasteiger partial charge in [-0.25, -0.2) is 4.98 Å². The summed E-state index contributed by atoms with van der Waals surface area (Å²) in [6.45, 7) is 0. The maximum absolute atomic E-state index is 10.4. The maximum Gasteiger partial charge on any atom is 0.307 e. The van der Waals surface area contributed by atoms with Crippen LogP contribution in [-0.2, 0) is 11.2 Å². The van der Waals surface area contributed by atoms with E-state index in [1.54, 1.807) is 6.07 Å². The topological polar surface area (TPSA) is 76.2 Å². The number of fused-ring (bicyclic) bond motifs is 1. The third-order valence-corrected chi connectivity index (χ3v) is 1.60. The summed E-state index contributed by atoms with van der Waals surface area (Å²) in [5.41, 5.74) is 1.62. The SMILES string of the molecule is O=C(O)Cc1cnc2ncoc2c1. The average Bonchev–Trinajstić information content (AvgIpc) is 2.49. The molecule has 2 heterocycles. The molecule has 0 aromatic carbocycles. The number of aromatic nitrogens is 2. The molecule has 0 fully saturated rings. The van der Waals surface area contributed by atoms with Gasteiger partial charge in [0.15, 0.2) is 17.6 Å². The standard InChI is InChI=1S/C8H6N2O3/c11-7(12)2-5-1-6-8(9-3-5)10-4-13-6/h1,3-4H,2H2,(H,11,12). The Morgan fingerprint density at radius 1 is 1.54 bits per heavy atom. The van der Waals surface area contributed by atoms with E-state index in [-0.39, 0.29) is 6.42 Å². The van der Waals surface area contributed by atoms with Crippen molar-refractivity contribution < 1.29 is 14.3 Å². The number of rotatable bonds is 2. The van der Waals surface area contributed by atoms with Crippen LogP contribution in [0.1, 0.15) is 5.56 Å². The lowest BCUT2D eigenvalue weighted by atomic mass is 10.2. The number of carbonyl (C=O) groups is 1. The summed E-state index contributed by atoms with van der Waals surface area (Å²) < 4.78 is 4.97. The summed E-state index contributed by atoms with van der Waals surface area (Å²) in [5.74, 6) is -0.888. The minimum atomic E-state index is -0.888. The molecule has 0 unspecified atom stereocenters. The minimum absolute atomic E-state index is 0.0519. The van der Waals surface area contributed by atoms with Gasteiger partial charge in [-0.1, -0.05) is 0 Å². The van der Waals surface area contributed by atoms with Gasteiger partial charge in [-0.15, -0.1) is 0 Å². The molecule has 0 aliphatic heterocycles. The third-order valence-electron chi connectivity index (χ3n) is 1.60. The fourth-order valence-electron chi connectivity index (χ4n) is 1.07. The second-order valence-corrected chi connectivity index (χ2v) is 2.59. The highest BCUT2D eigenvalue weighted by Crippen LogP contribution is 2.11. The van der Waals surface area contributed by atoms with Crippen LogP contribution in [0, 0.1) is 0 Å². The Labute approximate surface area is 73.0 Å². The molecule has 5 heteroatoms. The van der Waals surface area contributed by atoms with Gasteiger partial charge in [0.05, 0.1) is 6.42 Å². The summed E-state index contributed by atoms with van der Waals surface area (Å²) in [6.07, 6.45) is 2.71. The second-order valence-electron chi connectivity index (χ2n) is 2.59. The van der Waals surface area contributed by atoms with Crippen LogP contribution in [0.2, 0.25) is 0 Å². The largest absolute Gasteiger partial charge is 0.481 e. The molecule has 2 aromatic heterocycles. The van der Waals surface area contributed by atoms with E-state index in [2.05, 4.69) is 9.97 Å². The van der Waals surface area contributed by atoms with Gasteiger partial charge in [0.2, 0.25) is 0 Å². The molecule has 0 bridgehead atoms. The molecule has 0 amide bonds. The fraction of sp³-hybridized carbons (Fsp3) is 0.125. The van der Waals surface area contributed by atoms with Crippen molar-refractivity contribution in [2.75, 3.05) is 0 Å². The quantitative estimate of drug-likeness (QED) is 0.737. The predicted octanol–water partition coefficient (Wildman–Crippen LogP) is 0.850. The van der Waals surface area contributed by atoms with E-state index in [1.165, 1.54) is 12.6 Å². The van der Waals surface area contributed by atoms with Crippen LogP contribution >= 0.6 is 0 Å². The number of carboxylic acid groups (broad SMARTS) is 1. The van der Waals surface area contributed by atoms with Crippen molar-refractivity contribution in [3.63, 3.8) is 0 Å². The lowest BCUT2D eigenvalue weighted by Crippen LogP contribution is -2.00. The van der Waals surface area contributed by atoms with Crippen molar-refractivity contribution in [1.29, 1.82) is 0 Å². The molecule has 0 aliphatic carbocycles. The zero-order valence-electron chi connectivity index (χ0n) is 6.60. The number of carboxylic acids is 1. The minimum Gasteiger partial charge on any atom is -0.481 e. The van der Waals surface area contributed by atoms with Crippen molar-refractivity contribution in [2.45, 2.75) is 6.42 Å². The molecule has 2 aromatic rings. The first kappa shape index (κ1) is 7.72. The number of pyridine rings is 1. The molecule has 13 heavy (non-hydrogen) atoms. The fourth-order valence-corrected chi connectivity index (χ4v) is 1.07. The first-order chi connectivity index (χ1) is 6.25. The van der Waals surface area contributed by atoms with Crippen molar-refractivity contribution in [3.8, 4) is 0 Å². The monoisotopic (exact) mass is 178 g/mol. The number of hydrogen-bond donors (Lipinski definition) is 1. The average molecular weight is 178 g/mol. The van der Waals surface area contributed by atoms with Gasteiger partial charge in [-0.3, -0.25) is 4.79 Å². The van der Waals surface area contributed by atoms with Crippen molar-refractivity contribution in [1.82, 2.24) is 9.97 Å². The van der Waals surface area contributed by atoms with Crippen LogP contribution < -0.4 is 0 Å². The van der Waals surface area contributed by atoms with Crippen LogP contribution in [0.15, 0.2) is 23.1 Å². The number of oxazole rings is 1. The first-order valence-corrected chi connectivity index (χ1v) is 3.65. The number of hydrogen-bond acceptors (Lipinski definition) is 4. The highest BCUT2D eigenvalue weighted by molar-refractivity contribution is 5.73. The van der Waals surface area contributed by atoms with Gasteiger partial charge in [0, 0.05) is 6.20 Å². The third kappa shape index (κ3) is 1.48. The second kappa shape index (κ2) is 2.85. The molecule has 66 valence electrons. The predicted molar refractivity (Wildman–Crippen MR) is 43.1 cm³/mol. The molecule has 2 rings (SSSR count). The van der Waals surface area contributed by atoms with Crippen LogP contribution in [0.4, 0.5) is 0 Å². The molecule has 0 radical (unpaired) electrons. The Balaban J connectivity index is 2.42. The van der Waals surface area contributed by atoms with Gasteiger partial charge in [0.25, 0.3) is 0 Å². The van der Waals surface area contributed by atoms with E-state index in [0.29, 0.717) is 16.8 Å². The van der Waals surface area contributed by atoms with Gasteiger partial charge in [0.1, 0.15) is 0 Å². The zero-order chi connectivity index (χ0) is 9.26. The molecule has 0 saturated heterocycles. The van der Waals surface area contributed by atoms with Crippen molar-refractivity contribution in [2.24, 2.45) is 0 Å². The molecule has 5 nitrogen and oxygen atoms in total. The van der Waals surface area contributed by atoms with Crippen molar-refractivity contribution >= 4 is 17.2 Å². The number of nitrogens with zero attached hydrogens (tertiary/aromatic N) is 2. The number of aliphatic carboxylic acids is 1. The highest BCUT2D eigenvalue weighted by atomic mass is 16.4. The highest BCUT2D eigenvalue weighted by Gasteiger charge is 2.04. The summed E-state index contributed by atoms with van der Waals surface area (Å²) in [7, 11) is 0. The summed E-state index contributed by atoms with van der Waals surface area (Å²) >= 11 is 0.